The van der Waals surface area contributed by atoms with Gasteiger partial charge in [-0.25, -0.2) is 4.79 Å². The summed E-state index contributed by atoms with van der Waals surface area (Å²) in [6.07, 6.45) is 1.95. The van der Waals surface area contributed by atoms with Gasteiger partial charge in [0.2, 0.25) is 0 Å². The SMILES string of the molecule is CCN1CCC(N(C)C(=O)NCC(C(=O)O)C(C)C)CC1. The highest BCUT2D eigenvalue weighted by Gasteiger charge is 2.26. The Morgan fingerprint density at radius 1 is 1.33 bits per heavy atom. The Bertz CT molecular complexity index is 352. The molecule has 0 spiro atoms. The molecule has 2 N–H and O–H groups in total. The third-order valence-electron chi connectivity index (χ3n) is 4.47. The summed E-state index contributed by atoms with van der Waals surface area (Å²) in [7, 11) is 1.80. The molecule has 6 nitrogen and oxygen atoms in total. The number of hydrogen-bond acceptors (Lipinski definition) is 3. The van der Waals surface area contributed by atoms with Gasteiger partial charge in [0.15, 0.2) is 0 Å². The number of carboxylic acids is 1. The number of carbonyl (C=O) groups excluding carboxylic acids is 1. The summed E-state index contributed by atoms with van der Waals surface area (Å²) in [4.78, 5) is 27.4. The molecule has 0 bridgehead atoms. The van der Waals surface area contributed by atoms with E-state index in [-0.39, 0.29) is 24.5 Å². The number of carbonyl (C=O) groups is 2. The second-order valence-corrected chi connectivity index (χ2v) is 6.15. The first-order valence-corrected chi connectivity index (χ1v) is 7.82. The van der Waals surface area contributed by atoms with Crippen molar-refractivity contribution in [2.45, 2.75) is 39.7 Å². The molecule has 2 amide bonds. The van der Waals surface area contributed by atoms with Gasteiger partial charge in [-0.05, 0) is 25.3 Å². The van der Waals surface area contributed by atoms with Crippen LogP contribution in [0.4, 0.5) is 4.79 Å². The molecule has 1 atom stereocenters. The number of piperidine rings is 1. The van der Waals surface area contributed by atoms with Crippen LogP contribution in [-0.2, 0) is 4.79 Å². The van der Waals surface area contributed by atoms with E-state index in [1.54, 1.807) is 11.9 Å². The van der Waals surface area contributed by atoms with Crippen LogP contribution in [-0.4, -0.2) is 66.2 Å². The molecule has 1 rings (SSSR count). The van der Waals surface area contributed by atoms with Crippen LogP contribution in [0.3, 0.4) is 0 Å². The van der Waals surface area contributed by atoms with Crippen LogP contribution in [0.5, 0.6) is 0 Å². The normalized spacial score (nSPS) is 18.5. The third kappa shape index (κ3) is 5.19. The van der Waals surface area contributed by atoms with Crippen molar-refractivity contribution >= 4 is 12.0 Å². The van der Waals surface area contributed by atoms with Crippen molar-refractivity contribution < 1.29 is 14.7 Å². The molecule has 0 aromatic heterocycles. The molecule has 1 fully saturated rings. The molecule has 0 aliphatic carbocycles. The fourth-order valence-corrected chi connectivity index (χ4v) is 2.72. The van der Waals surface area contributed by atoms with E-state index in [9.17, 15) is 9.59 Å². The van der Waals surface area contributed by atoms with E-state index < -0.39 is 11.9 Å². The monoisotopic (exact) mass is 299 g/mol. The van der Waals surface area contributed by atoms with E-state index in [0.29, 0.717) is 0 Å². The summed E-state index contributed by atoms with van der Waals surface area (Å²) in [6, 6.07) is 0.0759. The number of nitrogens with zero attached hydrogens (tertiary/aromatic N) is 2. The molecule has 1 aliphatic heterocycles. The van der Waals surface area contributed by atoms with Gasteiger partial charge in [-0.1, -0.05) is 20.8 Å². The maximum Gasteiger partial charge on any atom is 0.317 e. The summed E-state index contributed by atoms with van der Waals surface area (Å²) in [6.45, 7) is 9.13. The Labute approximate surface area is 127 Å². The lowest BCUT2D eigenvalue weighted by Gasteiger charge is -2.36. The van der Waals surface area contributed by atoms with Crippen LogP contribution in [0.2, 0.25) is 0 Å². The summed E-state index contributed by atoms with van der Waals surface area (Å²) < 4.78 is 0. The average Bonchev–Trinajstić information content (AvgIpc) is 2.45. The van der Waals surface area contributed by atoms with Gasteiger partial charge in [0, 0.05) is 32.7 Å². The minimum atomic E-state index is -0.857. The quantitative estimate of drug-likeness (QED) is 0.779. The predicted octanol–water partition coefficient (Wildman–Crippen LogP) is 1.47. The second-order valence-electron chi connectivity index (χ2n) is 6.15. The molecule has 1 saturated heterocycles. The zero-order valence-corrected chi connectivity index (χ0v) is 13.6. The lowest BCUT2D eigenvalue weighted by molar-refractivity contribution is -0.142. The van der Waals surface area contributed by atoms with Gasteiger partial charge in [-0.2, -0.15) is 0 Å². The number of likely N-dealkylation sites (tertiary alicyclic amines) is 1. The van der Waals surface area contributed by atoms with Gasteiger partial charge in [0.1, 0.15) is 0 Å². The average molecular weight is 299 g/mol. The summed E-state index contributed by atoms with van der Waals surface area (Å²) >= 11 is 0. The largest absolute Gasteiger partial charge is 0.481 e. The van der Waals surface area contributed by atoms with Crippen LogP contribution in [0.1, 0.15) is 33.6 Å². The number of hydrogen-bond donors (Lipinski definition) is 2. The van der Waals surface area contributed by atoms with E-state index in [1.807, 2.05) is 13.8 Å². The van der Waals surface area contributed by atoms with Gasteiger partial charge in [0.25, 0.3) is 0 Å². The summed E-state index contributed by atoms with van der Waals surface area (Å²) in [5, 5.41) is 11.9. The van der Waals surface area contributed by atoms with E-state index in [4.69, 9.17) is 5.11 Å². The van der Waals surface area contributed by atoms with Crippen LogP contribution < -0.4 is 5.32 Å². The van der Waals surface area contributed by atoms with Crippen molar-refractivity contribution in [3.8, 4) is 0 Å². The Morgan fingerprint density at radius 2 is 1.90 bits per heavy atom. The number of aliphatic carboxylic acids is 1. The highest BCUT2D eigenvalue weighted by atomic mass is 16.4. The Hall–Kier alpha value is -1.30. The fraction of sp³-hybridized carbons (Fsp3) is 0.867. The number of carboxylic acid groups (broad SMARTS) is 1. The zero-order chi connectivity index (χ0) is 16.0. The van der Waals surface area contributed by atoms with Crippen LogP contribution in [0.15, 0.2) is 0 Å². The van der Waals surface area contributed by atoms with Crippen molar-refractivity contribution in [1.29, 1.82) is 0 Å². The van der Waals surface area contributed by atoms with Gasteiger partial charge in [0.05, 0.1) is 5.92 Å². The molecule has 0 aromatic carbocycles. The van der Waals surface area contributed by atoms with Crippen molar-refractivity contribution in [2.24, 2.45) is 11.8 Å². The number of rotatable bonds is 6. The van der Waals surface area contributed by atoms with Crippen molar-refractivity contribution in [3.05, 3.63) is 0 Å². The van der Waals surface area contributed by atoms with E-state index >= 15 is 0 Å². The first-order valence-electron chi connectivity index (χ1n) is 7.82. The number of urea groups is 1. The summed E-state index contributed by atoms with van der Waals surface area (Å²) in [5.41, 5.74) is 0. The molecular formula is C15H29N3O3. The Morgan fingerprint density at radius 3 is 2.33 bits per heavy atom. The Balaban J connectivity index is 2.42. The fourth-order valence-electron chi connectivity index (χ4n) is 2.72. The molecule has 1 heterocycles. The van der Waals surface area contributed by atoms with E-state index in [0.717, 1.165) is 32.5 Å². The first kappa shape index (κ1) is 17.8. The minimum Gasteiger partial charge on any atom is -0.481 e. The van der Waals surface area contributed by atoms with Gasteiger partial charge in [-0.15, -0.1) is 0 Å². The molecule has 21 heavy (non-hydrogen) atoms. The number of nitrogens with one attached hydrogen (secondary N) is 1. The third-order valence-corrected chi connectivity index (χ3v) is 4.47. The summed E-state index contributed by atoms with van der Waals surface area (Å²) in [5.74, 6) is -1.39. The van der Waals surface area contributed by atoms with Crippen molar-refractivity contribution in [2.75, 3.05) is 33.2 Å². The predicted molar refractivity (Wildman–Crippen MR) is 82.3 cm³/mol. The topological polar surface area (TPSA) is 72.9 Å². The first-order chi connectivity index (χ1) is 9.86. The van der Waals surface area contributed by atoms with Gasteiger partial charge < -0.3 is 20.2 Å². The van der Waals surface area contributed by atoms with Crippen LogP contribution in [0.25, 0.3) is 0 Å². The van der Waals surface area contributed by atoms with Crippen molar-refractivity contribution in [1.82, 2.24) is 15.1 Å². The second kappa shape index (κ2) is 8.22. The van der Waals surface area contributed by atoms with Gasteiger partial charge >= 0.3 is 12.0 Å². The highest BCUT2D eigenvalue weighted by molar-refractivity contribution is 5.76. The van der Waals surface area contributed by atoms with E-state index in [1.165, 1.54) is 0 Å². The molecule has 1 aliphatic rings. The van der Waals surface area contributed by atoms with Crippen LogP contribution >= 0.6 is 0 Å². The molecule has 1 unspecified atom stereocenters. The van der Waals surface area contributed by atoms with E-state index in [2.05, 4.69) is 17.1 Å². The Kier molecular flexibility index (Phi) is 6.95. The molecular weight excluding hydrogens is 270 g/mol. The molecule has 0 aromatic rings. The molecule has 0 radical (unpaired) electrons. The lowest BCUT2D eigenvalue weighted by atomic mass is 9.96. The lowest BCUT2D eigenvalue weighted by Crippen LogP contribution is -2.50. The molecule has 6 heteroatoms. The molecule has 0 saturated carbocycles. The number of amides is 2. The highest BCUT2D eigenvalue weighted by Crippen LogP contribution is 2.15. The standard InChI is InChI=1S/C15H29N3O3/c1-5-18-8-6-12(7-9-18)17(4)15(21)16-10-13(11(2)3)14(19)20/h11-13H,5-10H2,1-4H3,(H,16,21)(H,19,20). The smallest absolute Gasteiger partial charge is 0.317 e. The maximum absolute atomic E-state index is 12.2. The van der Waals surface area contributed by atoms with Crippen LogP contribution in [0, 0.1) is 11.8 Å². The molecule has 122 valence electrons. The maximum atomic E-state index is 12.2. The minimum absolute atomic E-state index is 0.000832. The van der Waals surface area contributed by atoms with Crippen molar-refractivity contribution in [3.63, 3.8) is 0 Å². The zero-order valence-electron chi connectivity index (χ0n) is 13.6. The van der Waals surface area contributed by atoms with Gasteiger partial charge in [-0.3, -0.25) is 4.79 Å².